The highest BCUT2D eigenvalue weighted by Crippen LogP contribution is 2.37. The van der Waals surface area contributed by atoms with Crippen LogP contribution in [0, 0.1) is 11.5 Å². The predicted molar refractivity (Wildman–Crippen MR) is 119 cm³/mol. The quantitative estimate of drug-likeness (QED) is 0.606. The summed E-state index contributed by atoms with van der Waals surface area (Å²) in [7, 11) is 0. The van der Waals surface area contributed by atoms with Crippen LogP contribution in [0.4, 0.5) is 0 Å². The Bertz CT molecular complexity index is 1150. The van der Waals surface area contributed by atoms with Gasteiger partial charge in [0.1, 0.15) is 0 Å². The van der Waals surface area contributed by atoms with Gasteiger partial charge in [-0.1, -0.05) is 36.4 Å². The molecule has 0 amide bonds. The second-order valence-electron chi connectivity index (χ2n) is 8.49. The Morgan fingerprint density at radius 2 is 1.73 bits per heavy atom. The minimum atomic E-state index is 0.380. The van der Waals surface area contributed by atoms with E-state index in [4.69, 9.17) is 0 Å². The minimum absolute atomic E-state index is 0.380. The average Bonchev–Trinajstić information content (AvgIpc) is 3.12. The first-order valence-electron chi connectivity index (χ1n) is 11.3. The molecule has 1 fully saturated rings. The number of aromatic nitrogens is 2. The standard InChI is InChI=1S/C25H29N5/c1-2-29-23-11-5-6-12-24(23)30(25(29)27-18-26)20-14-16-28(17-15-20)22-13-7-9-19-8-3-4-10-21(19)22/h3-6,8,10-12,20,22H,2,7,9,13-17H2,1H3. The summed E-state index contributed by atoms with van der Waals surface area (Å²) in [4.78, 5) is 6.94. The van der Waals surface area contributed by atoms with E-state index in [-0.39, 0.29) is 0 Å². The summed E-state index contributed by atoms with van der Waals surface area (Å²) in [5.74, 6) is 0. The molecule has 5 nitrogen and oxygen atoms in total. The number of nitriles is 1. The fraction of sp³-hybridized carbons (Fsp3) is 0.440. The lowest BCUT2D eigenvalue weighted by Gasteiger charge is -2.40. The van der Waals surface area contributed by atoms with Crippen molar-refractivity contribution in [1.82, 2.24) is 14.0 Å². The van der Waals surface area contributed by atoms with Gasteiger partial charge in [-0.05, 0) is 62.3 Å². The van der Waals surface area contributed by atoms with Gasteiger partial charge < -0.3 is 9.13 Å². The number of fused-ring (bicyclic) bond motifs is 2. The molecule has 1 aliphatic heterocycles. The molecule has 1 aromatic heterocycles. The Kier molecular flexibility index (Phi) is 5.18. The van der Waals surface area contributed by atoms with Crippen LogP contribution in [0.5, 0.6) is 0 Å². The largest absolute Gasteiger partial charge is 0.310 e. The van der Waals surface area contributed by atoms with Crippen molar-refractivity contribution in [3.8, 4) is 6.19 Å². The van der Waals surface area contributed by atoms with E-state index in [1.807, 2.05) is 6.19 Å². The van der Waals surface area contributed by atoms with Crippen LogP contribution in [0.2, 0.25) is 0 Å². The van der Waals surface area contributed by atoms with Gasteiger partial charge in [-0.2, -0.15) is 5.26 Å². The lowest BCUT2D eigenvalue weighted by molar-refractivity contribution is 0.122. The number of rotatable bonds is 3. The third-order valence-electron chi connectivity index (χ3n) is 7.00. The van der Waals surface area contributed by atoms with Crippen molar-refractivity contribution in [2.24, 2.45) is 4.99 Å². The van der Waals surface area contributed by atoms with Gasteiger partial charge in [0, 0.05) is 31.7 Å². The van der Waals surface area contributed by atoms with Crippen LogP contribution in [0.1, 0.15) is 55.8 Å². The Labute approximate surface area is 177 Å². The van der Waals surface area contributed by atoms with Crippen LogP contribution in [0.25, 0.3) is 11.0 Å². The molecule has 0 saturated carbocycles. The maximum Gasteiger partial charge on any atom is 0.221 e. The first-order chi connectivity index (χ1) is 14.8. The van der Waals surface area contributed by atoms with Crippen molar-refractivity contribution in [2.45, 2.75) is 57.7 Å². The molecule has 2 aromatic carbocycles. The smallest absolute Gasteiger partial charge is 0.221 e. The van der Waals surface area contributed by atoms with Gasteiger partial charge in [0.05, 0.1) is 11.0 Å². The van der Waals surface area contributed by atoms with E-state index in [1.54, 1.807) is 0 Å². The van der Waals surface area contributed by atoms with Crippen molar-refractivity contribution in [2.75, 3.05) is 13.1 Å². The summed E-state index contributed by atoms with van der Waals surface area (Å²) in [6.07, 6.45) is 7.99. The molecule has 5 heteroatoms. The normalized spacial score (nSPS) is 20.9. The van der Waals surface area contributed by atoms with Crippen molar-refractivity contribution < 1.29 is 0 Å². The van der Waals surface area contributed by atoms with Crippen molar-refractivity contribution in [3.63, 3.8) is 0 Å². The van der Waals surface area contributed by atoms with Crippen LogP contribution in [-0.4, -0.2) is 27.1 Å². The highest BCUT2D eigenvalue weighted by atomic mass is 15.2. The summed E-state index contributed by atoms with van der Waals surface area (Å²) in [5, 5.41) is 9.34. The monoisotopic (exact) mass is 399 g/mol. The number of aryl methyl sites for hydroxylation is 2. The Balaban J connectivity index is 1.45. The summed E-state index contributed by atoms with van der Waals surface area (Å²) in [5.41, 5.74) is 6.22. The molecule has 1 atom stereocenters. The number of hydrogen-bond acceptors (Lipinski definition) is 3. The Hall–Kier alpha value is -2.84. The molecule has 1 saturated heterocycles. The number of hydrogen-bond donors (Lipinski definition) is 0. The molecule has 154 valence electrons. The van der Waals surface area contributed by atoms with Crippen molar-refractivity contribution in [1.29, 1.82) is 5.26 Å². The molecule has 5 rings (SSSR count). The van der Waals surface area contributed by atoms with E-state index in [9.17, 15) is 5.26 Å². The number of benzene rings is 2. The maximum atomic E-state index is 9.34. The predicted octanol–water partition coefficient (Wildman–Crippen LogP) is 4.56. The van der Waals surface area contributed by atoms with E-state index >= 15 is 0 Å². The van der Waals surface area contributed by atoms with Gasteiger partial charge in [0.15, 0.2) is 0 Å². The topological polar surface area (TPSA) is 49.2 Å². The number of nitrogens with zero attached hydrogens (tertiary/aromatic N) is 5. The number of imidazole rings is 1. The third-order valence-corrected chi connectivity index (χ3v) is 7.00. The minimum Gasteiger partial charge on any atom is -0.310 e. The number of piperidine rings is 1. The van der Waals surface area contributed by atoms with Crippen LogP contribution in [-0.2, 0) is 13.0 Å². The van der Waals surface area contributed by atoms with Crippen LogP contribution < -0.4 is 5.62 Å². The summed E-state index contributed by atoms with van der Waals surface area (Å²) in [6, 6.07) is 18.4. The van der Waals surface area contributed by atoms with Crippen molar-refractivity contribution >= 4 is 11.0 Å². The van der Waals surface area contributed by atoms with Gasteiger partial charge in [-0.3, -0.25) is 4.90 Å². The molecule has 2 heterocycles. The molecule has 30 heavy (non-hydrogen) atoms. The summed E-state index contributed by atoms with van der Waals surface area (Å²) in [6.45, 7) is 5.12. The van der Waals surface area contributed by atoms with E-state index in [0.717, 1.165) is 43.6 Å². The van der Waals surface area contributed by atoms with Crippen LogP contribution in [0.3, 0.4) is 0 Å². The highest BCUT2D eigenvalue weighted by Gasteiger charge is 2.30. The summed E-state index contributed by atoms with van der Waals surface area (Å²) >= 11 is 0. The van der Waals surface area contributed by atoms with Gasteiger partial charge in [-0.25, -0.2) is 0 Å². The number of para-hydroxylation sites is 2. The summed E-state index contributed by atoms with van der Waals surface area (Å²) < 4.78 is 4.50. The molecule has 0 radical (unpaired) electrons. The van der Waals surface area contributed by atoms with Gasteiger partial charge >= 0.3 is 0 Å². The van der Waals surface area contributed by atoms with Gasteiger partial charge in [0.25, 0.3) is 0 Å². The van der Waals surface area contributed by atoms with E-state index < -0.39 is 0 Å². The second-order valence-corrected chi connectivity index (χ2v) is 8.49. The molecule has 1 unspecified atom stereocenters. The average molecular weight is 400 g/mol. The maximum absolute atomic E-state index is 9.34. The number of likely N-dealkylation sites (tertiary alicyclic amines) is 1. The fourth-order valence-corrected chi connectivity index (χ4v) is 5.64. The first kappa shape index (κ1) is 19.1. The first-order valence-corrected chi connectivity index (χ1v) is 11.3. The molecular formula is C25H29N5. The molecular weight excluding hydrogens is 370 g/mol. The zero-order chi connectivity index (χ0) is 20.5. The zero-order valence-corrected chi connectivity index (χ0v) is 17.7. The van der Waals surface area contributed by atoms with Crippen molar-refractivity contribution in [3.05, 3.63) is 65.3 Å². The SMILES string of the molecule is CCn1c(=NC#N)n(C2CCN(C3CCCc4ccccc43)CC2)c2ccccc21. The molecule has 3 aromatic rings. The van der Waals surface area contributed by atoms with Gasteiger partial charge in [0.2, 0.25) is 11.8 Å². The van der Waals surface area contributed by atoms with E-state index in [0.29, 0.717) is 12.1 Å². The molecule has 0 N–H and O–H groups in total. The molecule has 0 bridgehead atoms. The van der Waals surface area contributed by atoms with E-state index in [2.05, 4.69) is 74.5 Å². The lowest BCUT2D eigenvalue weighted by Crippen LogP contribution is -2.40. The third kappa shape index (κ3) is 3.16. The van der Waals surface area contributed by atoms with Crippen LogP contribution >= 0.6 is 0 Å². The Morgan fingerprint density at radius 3 is 2.50 bits per heavy atom. The molecule has 1 aliphatic carbocycles. The lowest BCUT2D eigenvalue weighted by atomic mass is 9.86. The second kappa shape index (κ2) is 8.12. The highest BCUT2D eigenvalue weighted by molar-refractivity contribution is 5.76. The van der Waals surface area contributed by atoms with Crippen LogP contribution in [0.15, 0.2) is 53.5 Å². The zero-order valence-electron chi connectivity index (χ0n) is 17.7. The van der Waals surface area contributed by atoms with E-state index in [1.165, 1.54) is 35.9 Å². The molecule has 0 spiro atoms. The molecule has 2 aliphatic rings. The fourth-order valence-electron chi connectivity index (χ4n) is 5.64. The van der Waals surface area contributed by atoms with Gasteiger partial charge in [-0.15, -0.1) is 4.99 Å². The Morgan fingerprint density at radius 1 is 1.00 bits per heavy atom.